The van der Waals surface area contributed by atoms with Gasteiger partial charge in [0.2, 0.25) is 5.91 Å². The summed E-state index contributed by atoms with van der Waals surface area (Å²) in [4.78, 5) is 26.5. The molecular weight excluding hydrogens is 324 g/mol. The summed E-state index contributed by atoms with van der Waals surface area (Å²) in [6, 6.07) is 3.52. The van der Waals surface area contributed by atoms with Gasteiger partial charge in [0.1, 0.15) is 5.76 Å². The topological polar surface area (TPSA) is 81.0 Å². The molecule has 7 nitrogen and oxygen atoms in total. The van der Waals surface area contributed by atoms with Gasteiger partial charge in [-0.2, -0.15) is 0 Å². The molecule has 2 aliphatic heterocycles. The maximum Gasteiger partial charge on any atom is 0.289 e. The van der Waals surface area contributed by atoms with E-state index in [2.05, 4.69) is 5.32 Å². The second-order valence-corrected chi connectivity index (χ2v) is 6.89. The van der Waals surface area contributed by atoms with E-state index in [1.165, 1.54) is 0 Å². The normalized spacial score (nSPS) is 25.7. The number of hydrogen-bond donors (Lipinski definition) is 1. The molecule has 3 rings (SSSR count). The van der Waals surface area contributed by atoms with Crippen LogP contribution in [-0.4, -0.2) is 63.3 Å². The summed E-state index contributed by atoms with van der Waals surface area (Å²) in [5, 5.41) is 2.86. The van der Waals surface area contributed by atoms with E-state index < -0.39 is 0 Å². The number of hydrogen-bond acceptors (Lipinski definition) is 5. The van der Waals surface area contributed by atoms with Crippen LogP contribution in [0.2, 0.25) is 0 Å². The first-order chi connectivity index (χ1) is 12.1. The fourth-order valence-corrected chi connectivity index (χ4v) is 3.79. The molecule has 0 bridgehead atoms. The molecule has 0 aliphatic carbocycles. The lowest BCUT2D eigenvalue weighted by atomic mass is 9.81. The molecule has 1 N–H and O–H groups in total. The molecule has 138 valence electrons. The molecule has 1 aromatic heterocycles. The molecule has 3 heterocycles. The van der Waals surface area contributed by atoms with Gasteiger partial charge in [0.05, 0.1) is 19.8 Å². The first-order valence-electron chi connectivity index (χ1n) is 8.77. The molecule has 3 atom stereocenters. The van der Waals surface area contributed by atoms with Crippen molar-refractivity contribution in [1.29, 1.82) is 0 Å². The van der Waals surface area contributed by atoms with Crippen LogP contribution in [0.3, 0.4) is 0 Å². The zero-order chi connectivity index (χ0) is 17.8. The zero-order valence-corrected chi connectivity index (χ0v) is 14.8. The lowest BCUT2D eigenvalue weighted by molar-refractivity contribution is -0.124. The molecule has 2 amide bonds. The third-order valence-corrected chi connectivity index (χ3v) is 5.08. The minimum atomic E-state index is -0.0780. The Bertz CT molecular complexity index is 614. The van der Waals surface area contributed by atoms with Crippen LogP contribution in [0.15, 0.2) is 16.5 Å². The van der Waals surface area contributed by atoms with Crippen molar-refractivity contribution < 1.29 is 23.5 Å². The van der Waals surface area contributed by atoms with Gasteiger partial charge in [0.15, 0.2) is 5.76 Å². The molecule has 0 unspecified atom stereocenters. The molecule has 1 aromatic rings. The van der Waals surface area contributed by atoms with Crippen molar-refractivity contribution in [1.82, 2.24) is 10.2 Å². The van der Waals surface area contributed by atoms with Gasteiger partial charge in [-0.25, -0.2) is 0 Å². The van der Waals surface area contributed by atoms with Gasteiger partial charge in [0, 0.05) is 39.1 Å². The summed E-state index contributed by atoms with van der Waals surface area (Å²) in [5.74, 6) is 1.76. The monoisotopic (exact) mass is 350 g/mol. The SMILES string of the molecule is COCCNC(=O)C[C@@H]1COC[C@H]2CN(C(=O)c3ccc(C)o3)C[C@@H]12. The summed E-state index contributed by atoms with van der Waals surface area (Å²) in [6.07, 6.45) is 0.423. The summed E-state index contributed by atoms with van der Waals surface area (Å²) < 4.78 is 16.1. The van der Waals surface area contributed by atoms with E-state index in [4.69, 9.17) is 13.9 Å². The van der Waals surface area contributed by atoms with Crippen LogP contribution >= 0.6 is 0 Å². The van der Waals surface area contributed by atoms with E-state index in [0.717, 1.165) is 5.76 Å². The Morgan fingerprint density at radius 2 is 2.16 bits per heavy atom. The number of nitrogens with one attached hydrogen (secondary N) is 1. The number of carbonyl (C=O) groups excluding carboxylic acids is 2. The van der Waals surface area contributed by atoms with Crippen LogP contribution in [-0.2, 0) is 14.3 Å². The number of ether oxygens (including phenoxy) is 2. The predicted molar refractivity (Wildman–Crippen MR) is 90.1 cm³/mol. The molecule has 2 saturated heterocycles. The number of aryl methyl sites for hydroxylation is 1. The van der Waals surface area contributed by atoms with Gasteiger partial charge in [-0.3, -0.25) is 9.59 Å². The lowest BCUT2D eigenvalue weighted by Crippen LogP contribution is -2.38. The number of likely N-dealkylation sites (tertiary alicyclic amines) is 1. The van der Waals surface area contributed by atoms with Crippen LogP contribution in [0.5, 0.6) is 0 Å². The maximum absolute atomic E-state index is 12.6. The van der Waals surface area contributed by atoms with Crippen molar-refractivity contribution in [3.8, 4) is 0 Å². The number of methoxy groups -OCH3 is 1. The summed E-state index contributed by atoms with van der Waals surface area (Å²) in [5.41, 5.74) is 0. The average molecular weight is 350 g/mol. The zero-order valence-electron chi connectivity index (χ0n) is 14.8. The Morgan fingerprint density at radius 1 is 1.32 bits per heavy atom. The van der Waals surface area contributed by atoms with Crippen LogP contribution in [0.25, 0.3) is 0 Å². The lowest BCUT2D eigenvalue weighted by Gasteiger charge is -2.32. The summed E-state index contributed by atoms with van der Waals surface area (Å²) >= 11 is 0. The first-order valence-corrected chi connectivity index (χ1v) is 8.77. The third kappa shape index (κ3) is 4.22. The van der Waals surface area contributed by atoms with E-state index in [-0.39, 0.29) is 23.7 Å². The number of fused-ring (bicyclic) bond motifs is 1. The van der Waals surface area contributed by atoms with E-state index in [1.807, 2.05) is 11.8 Å². The molecule has 7 heteroatoms. The molecule has 25 heavy (non-hydrogen) atoms. The van der Waals surface area contributed by atoms with Crippen LogP contribution in [0.4, 0.5) is 0 Å². The van der Waals surface area contributed by atoms with Gasteiger partial charge in [-0.1, -0.05) is 0 Å². The van der Waals surface area contributed by atoms with Crippen molar-refractivity contribution >= 4 is 11.8 Å². The largest absolute Gasteiger partial charge is 0.456 e. The fraction of sp³-hybridized carbons (Fsp3) is 0.667. The molecule has 2 fully saturated rings. The average Bonchev–Trinajstić information content (AvgIpc) is 3.21. The second-order valence-electron chi connectivity index (χ2n) is 6.89. The fourth-order valence-electron chi connectivity index (χ4n) is 3.79. The number of amides is 2. The molecular formula is C18H26N2O5. The molecule has 0 spiro atoms. The summed E-state index contributed by atoms with van der Waals surface area (Å²) in [6.45, 7) is 5.37. The Labute approximate surface area is 147 Å². The second kappa shape index (κ2) is 8.01. The molecule has 0 aromatic carbocycles. The Balaban J connectivity index is 1.58. The highest BCUT2D eigenvalue weighted by Gasteiger charge is 2.43. The Morgan fingerprint density at radius 3 is 2.88 bits per heavy atom. The molecule has 0 radical (unpaired) electrons. The minimum absolute atomic E-state index is 0.0118. The standard InChI is InChI=1S/C18H26N2O5/c1-12-3-4-16(25-12)18(22)20-8-14-11-24-10-13(15(14)9-20)7-17(21)19-5-6-23-2/h3-4,13-15H,5-11H2,1-2H3,(H,19,21)/t13-,14-,15+/m1/s1. The minimum Gasteiger partial charge on any atom is -0.456 e. The Hall–Kier alpha value is -1.86. The highest BCUT2D eigenvalue weighted by Crippen LogP contribution is 2.36. The van der Waals surface area contributed by atoms with Crippen LogP contribution in [0.1, 0.15) is 22.7 Å². The van der Waals surface area contributed by atoms with Crippen molar-refractivity contribution in [3.05, 3.63) is 23.7 Å². The smallest absolute Gasteiger partial charge is 0.289 e. The number of furan rings is 1. The first kappa shape index (κ1) is 17.9. The van der Waals surface area contributed by atoms with Crippen molar-refractivity contribution in [2.75, 3.05) is 46.6 Å². The quantitative estimate of drug-likeness (QED) is 0.777. The summed E-state index contributed by atoms with van der Waals surface area (Å²) in [7, 11) is 1.61. The highest BCUT2D eigenvalue weighted by atomic mass is 16.5. The number of carbonyl (C=O) groups is 2. The Kier molecular flexibility index (Phi) is 5.75. The van der Waals surface area contributed by atoms with Crippen molar-refractivity contribution in [3.63, 3.8) is 0 Å². The molecule has 0 saturated carbocycles. The molecule has 2 aliphatic rings. The van der Waals surface area contributed by atoms with Gasteiger partial charge in [0.25, 0.3) is 5.91 Å². The van der Waals surface area contributed by atoms with Crippen molar-refractivity contribution in [2.24, 2.45) is 17.8 Å². The van der Waals surface area contributed by atoms with E-state index in [9.17, 15) is 9.59 Å². The third-order valence-electron chi connectivity index (χ3n) is 5.08. The highest BCUT2D eigenvalue weighted by molar-refractivity contribution is 5.91. The van der Waals surface area contributed by atoms with Gasteiger partial charge >= 0.3 is 0 Å². The van der Waals surface area contributed by atoms with Gasteiger partial charge < -0.3 is 24.1 Å². The predicted octanol–water partition coefficient (Wildman–Crippen LogP) is 1.08. The van der Waals surface area contributed by atoms with Gasteiger partial charge in [-0.15, -0.1) is 0 Å². The van der Waals surface area contributed by atoms with Crippen molar-refractivity contribution in [2.45, 2.75) is 13.3 Å². The maximum atomic E-state index is 12.6. The van der Waals surface area contributed by atoms with Crippen LogP contribution < -0.4 is 5.32 Å². The van der Waals surface area contributed by atoms with Crippen LogP contribution in [0, 0.1) is 24.7 Å². The van der Waals surface area contributed by atoms with E-state index >= 15 is 0 Å². The number of nitrogens with zero attached hydrogens (tertiary/aromatic N) is 1. The van der Waals surface area contributed by atoms with E-state index in [1.54, 1.807) is 19.2 Å². The number of rotatable bonds is 6. The van der Waals surface area contributed by atoms with E-state index in [0.29, 0.717) is 57.6 Å². The van der Waals surface area contributed by atoms with Gasteiger partial charge in [-0.05, 0) is 30.9 Å².